The number of hydrogen-bond acceptors (Lipinski definition) is 0. The van der Waals surface area contributed by atoms with Crippen LogP contribution in [0.1, 0.15) is 0 Å². The zero-order valence-electron chi connectivity index (χ0n) is 3.54. The summed E-state index contributed by atoms with van der Waals surface area (Å²) in [7, 11) is 0. The number of hydrogen-bond donors (Lipinski definition) is 0. The van der Waals surface area contributed by atoms with E-state index in [-0.39, 0.29) is 227 Å². The molecule has 0 valence electrons. The van der Waals surface area contributed by atoms with Crippen molar-refractivity contribution < 1.29 is 0 Å². The van der Waals surface area contributed by atoms with Crippen molar-refractivity contribution in [1.82, 2.24) is 0 Å². The third kappa shape index (κ3) is 18.4. The molecule has 0 aliphatic rings. The van der Waals surface area contributed by atoms with Gasteiger partial charge in [0.05, 0.1) is 0 Å². The van der Waals surface area contributed by atoms with Crippen molar-refractivity contribution in [3.05, 3.63) is 0 Å². The molecule has 0 nitrogen and oxygen atoms in total. The SMILES string of the molecule is [Sr+2].[Sr+2].[Sr+2].[Sr+2].[Sr+2]. The average Bonchev–Trinajstić information content (AvgIpc) is 0. The van der Waals surface area contributed by atoms with Crippen LogP contribution >= 0.6 is 0 Å². The van der Waals surface area contributed by atoms with E-state index in [1.54, 1.807) is 0 Å². The molecule has 5 heteroatoms. The van der Waals surface area contributed by atoms with E-state index >= 15 is 0 Å². The second-order valence-corrected chi connectivity index (χ2v) is 0. The van der Waals surface area contributed by atoms with Crippen molar-refractivity contribution in [3.63, 3.8) is 0 Å². The number of rotatable bonds is 0. The summed E-state index contributed by atoms with van der Waals surface area (Å²) in [6, 6.07) is 0. The fourth-order valence-corrected chi connectivity index (χ4v) is 0. The van der Waals surface area contributed by atoms with Crippen LogP contribution < -0.4 is 0 Å². The Morgan fingerprint density at radius 2 is 0.200 bits per heavy atom. The molecule has 0 atom stereocenters. The van der Waals surface area contributed by atoms with Crippen molar-refractivity contribution in [2.75, 3.05) is 0 Å². The molecule has 0 heterocycles. The smallest absolute Gasteiger partial charge is 2.00 e. The summed E-state index contributed by atoms with van der Waals surface area (Å²) in [6.45, 7) is 0. The maximum atomic E-state index is 0. The quantitative estimate of drug-likeness (QED) is 0.388. The zero-order valence-corrected chi connectivity index (χ0v) is 20.9. The average molecular weight is 438 g/mol. The Balaban J connectivity index is 0. The molecular weight excluding hydrogens is 438 g/mol. The molecule has 0 unspecified atom stereocenters. The second kappa shape index (κ2) is 22.5. The van der Waals surface area contributed by atoms with Crippen LogP contribution in [0.5, 0.6) is 0 Å². The summed E-state index contributed by atoms with van der Waals surface area (Å²) in [5.74, 6) is 0. The molecule has 5 heavy (non-hydrogen) atoms. The van der Waals surface area contributed by atoms with Gasteiger partial charge >= 0.3 is 227 Å². The fraction of sp³-hybridized carbons (Fsp3) is 0. The van der Waals surface area contributed by atoms with E-state index in [1.807, 2.05) is 0 Å². The first-order chi connectivity index (χ1) is 0. The Morgan fingerprint density at radius 1 is 0.200 bits per heavy atom. The molecule has 0 bridgehead atoms. The van der Waals surface area contributed by atoms with Crippen LogP contribution in [-0.4, -0.2) is 227 Å². The largest absolute Gasteiger partial charge is 2.00 e. The van der Waals surface area contributed by atoms with Crippen LogP contribution in [0.15, 0.2) is 0 Å². The Bertz CT molecular complexity index is 0. The molecule has 0 N–H and O–H groups in total. The summed E-state index contributed by atoms with van der Waals surface area (Å²) < 4.78 is 0. The van der Waals surface area contributed by atoms with Gasteiger partial charge in [-0.25, -0.2) is 0 Å². The van der Waals surface area contributed by atoms with Gasteiger partial charge in [0.1, 0.15) is 0 Å². The Labute approximate surface area is 218 Å². The van der Waals surface area contributed by atoms with E-state index in [9.17, 15) is 0 Å². The van der Waals surface area contributed by atoms with E-state index in [0.717, 1.165) is 0 Å². The molecule has 0 rings (SSSR count). The van der Waals surface area contributed by atoms with Crippen LogP contribution in [0.2, 0.25) is 0 Å². The molecule has 0 saturated heterocycles. The molecular formula is Sr5+10. The minimum atomic E-state index is 0. The normalized spacial score (nSPS) is 0. The molecule has 0 radical (unpaired) electrons. The fourth-order valence-electron chi connectivity index (χ4n) is 0. The zero-order chi connectivity index (χ0) is 0. The van der Waals surface area contributed by atoms with Crippen LogP contribution in [0.25, 0.3) is 0 Å². The molecule has 0 fully saturated rings. The molecule has 0 aromatic carbocycles. The topological polar surface area (TPSA) is 0 Å². The van der Waals surface area contributed by atoms with Crippen LogP contribution in [0, 0.1) is 0 Å². The standard InChI is InChI=1S/5Sr/q5*+2. The minimum Gasteiger partial charge on any atom is 2.00 e. The Hall–Kier alpha value is 7.40. The minimum absolute atomic E-state index is 0. The molecule has 0 aromatic rings. The van der Waals surface area contributed by atoms with Crippen LogP contribution in [0.3, 0.4) is 0 Å². The molecule has 0 spiro atoms. The van der Waals surface area contributed by atoms with Crippen molar-refractivity contribution in [3.8, 4) is 0 Å². The van der Waals surface area contributed by atoms with E-state index in [0.29, 0.717) is 0 Å². The van der Waals surface area contributed by atoms with Gasteiger partial charge in [-0.1, -0.05) is 0 Å². The van der Waals surface area contributed by atoms with Crippen LogP contribution in [0.4, 0.5) is 0 Å². The van der Waals surface area contributed by atoms with Crippen molar-refractivity contribution in [1.29, 1.82) is 0 Å². The summed E-state index contributed by atoms with van der Waals surface area (Å²) in [4.78, 5) is 0. The first kappa shape index (κ1) is 29.4. The first-order valence-corrected chi connectivity index (χ1v) is 0. The van der Waals surface area contributed by atoms with Gasteiger partial charge in [-0.05, 0) is 0 Å². The van der Waals surface area contributed by atoms with Gasteiger partial charge in [0.15, 0.2) is 0 Å². The first-order valence-electron chi connectivity index (χ1n) is 0. The van der Waals surface area contributed by atoms with Gasteiger partial charge in [-0.15, -0.1) is 0 Å². The van der Waals surface area contributed by atoms with Gasteiger partial charge in [-0.2, -0.15) is 0 Å². The van der Waals surface area contributed by atoms with Gasteiger partial charge in [0.25, 0.3) is 0 Å². The second-order valence-electron chi connectivity index (χ2n) is 0. The predicted octanol–water partition coefficient (Wildman–Crippen LogP) is -1.90. The summed E-state index contributed by atoms with van der Waals surface area (Å²) in [5, 5.41) is 0. The maximum absolute atomic E-state index is 0. The van der Waals surface area contributed by atoms with E-state index < -0.39 is 0 Å². The third-order valence-corrected chi connectivity index (χ3v) is 0. The van der Waals surface area contributed by atoms with E-state index in [1.165, 1.54) is 0 Å². The molecule has 0 saturated carbocycles. The van der Waals surface area contributed by atoms with Crippen molar-refractivity contribution in [2.24, 2.45) is 0 Å². The summed E-state index contributed by atoms with van der Waals surface area (Å²) in [6.07, 6.45) is 0. The molecule has 0 aliphatic carbocycles. The summed E-state index contributed by atoms with van der Waals surface area (Å²) >= 11 is 0. The monoisotopic (exact) mass is 440 g/mol. The summed E-state index contributed by atoms with van der Waals surface area (Å²) in [5.41, 5.74) is 0. The van der Waals surface area contributed by atoms with Crippen molar-refractivity contribution >= 4 is 227 Å². The predicted molar refractivity (Wildman–Crippen MR) is 28.8 cm³/mol. The third-order valence-electron chi connectivity index (χ3n) is 0. The Kier molecular flexibility index (Phi) is 133. The Morgan fingerprint density at radius 3 is 0.200 bits per heavy atom. The molecule has 0 aliphatic heterocycles. The van der Waals surface area contributed by atoms with Gasteiger partial charge in [-0.3, -0.25) is 0 Å². The van der Waals surface area contributed by atoms with Gasteiger partial charge < -0.3 is 0 Å². The van der Waals surface area contributed by atoms with Crippen LogP contribution in [-0.2, 0) is 0 Å². The van der Waals surface area contributed by atoms with E-state index in [2.05, 4.69) is 0 Å². The van der Waals surface area contributed by atoms with E-state index in [4.69, 9.17) is 0 Å². The maximum Gasteiger partial charge on any atom is 2.00 e. The van der Waals surface area contributed by atoms with Crippen molar-refractivity contribution in [2.45, 2.75) is 0 Å². The van der Waals surface area contributed by atoms with Gasteiger partial charge in [0, 0.05) is 0 Å². The van der Waals surface area contributed by atoms with Gasteiger partial charge in [0.2, 0.25) is 0 Å². The molecule has 0 amide bonds. The molecule has 0 aromatic heterocycles.